The van der Waals surface area contributed by atoms with E-state index < -0.39 is 0 Å². The van der Waals surface area contributed by atoms with Crippen molar-refractivity contribution in [2.45, 2.75) is 46.2 Å². The van der Waals surface area contributed by atoms with Gasteiger partial charge in [0.25, 0.3) is 0 Å². The van der Waals surface area contributed by atoms with E-state index in [1.165, 1.54) is 12.8 Å². The lowest BCUT2D eigenvalue weighted by Crippen LogP contribution is -2.28. The van der Waals surface area contributed by atoms with Crippen LogP contribution in [0.4, 0.5) is 0 Å². The van der Waals surface area contributed by atoms with Crippen molar-refractivity contribution < 1.29 is 0 Å². The number of hydrogen-bond acceptors (Lipinski definition) is 2. The molecular weight excluding hydrogens is 222 g/mol. The monoisotopic (exact) mass is 243 g/mol. The summed E-state index contributed by atoms with van der Waals surface area (Å²) >= 11 is 5.92. The number of rotatable bonds is 6. The third-order valence-electron chi connectivity index (χ3n) is 3.09. The highest BCUT2D eigenvalue weighted by Gasteiger charge is 2.09. The second kappa shape index (κ2) is 6.26. The highest BCUT2D eigenvalue weighted by atomic mass is 35.5. The molecule has 3 nitrogen and oxygen atoms in total. The van der Waals surface area contributed by atoms with Gasteiger partial charge in [-0.3, -0.25) is 0 Å². The molecule has 0 amide bonds. The van der Waals surface area contributed by atoms with Gasteiger partial charge >= 0.3 is 0 Å². The van der Waals surface area contributed by atoms with Gasteiger partial charge in [-0.25, -0.2) is 4.98 Å². The zero-order chi connectivity index (χ0) is 12.1. The summed E-state index contributed by atoms with van der Waals surface area (Å²) in [5.41, 5.74) is 0. The van der Waals surface area contributed by atoms with Gasteiger partial charge in [0.15, 0.2) is 0 Å². The minimum atomic E-state index is 0.519. The van der Waals surface area contributed by atoms with E-state index in [-0.39, 0.29) is 0 Å². The first-order valence-corrected chi connectivity index (χ1v) is 6.31. The molecule has 0 radical (unpaired) electrons. The van der Waals surface area contributed by atoms with Gasteiger partial charge in [-0.05, 0) is 19.3 Å². The number of nitrogens with zero attached hydrogens (tertiary/aromatic N) is 2. The summed E-state index contributed by atoms with van der Waals surface area (Å²) in [6, 6.07) is 0.519. The van der Waals surface area contributed by atoms with Crippen LogP contribution >= 0.6 is 11.6 Å². The van der Waals surface area contributed by atoms with Crippen LogP contribution in [0.5, 0.6) is 0 Å². The van der Waals surface area contributed by atoms with Gasteiger partial charge in [-0.15, -0.1) is 0 Å². The number of aromatic nitrogens is 2. The Morgan fingerprint density at radius 3 is 2.69 bits per heavy atom. The second-order valence-corrected chi connectivity index (χ2v) is 4.97. The molecule has 0 aliphatic heterocycles. The van der Waals surface area contributed by atoms with E-state index in [0.717, 1.165) is 18.3 Å². The molecule has 0 saturated carbocycles. The van der Waals surface area contributed by atoms with Crippen molar-refractivity contribution >= 4 is 11.6 Å². The minimum absolute atomic E-state index is 0.519. The number of halogens is 1. The molecule has 1 aromatic rings. The van der Waals surface area contributed by atoms with E-state index in [0.29, 0.717) is 11.2 Å². The van der Waals surface area contributed by atoms with Crippen molar-refractivity contribution in [3.05, 3.63) is 17.2 Å². The predicted molar refractivity (Wildman–Crippen MR) is 68.6 cm³/mol. The molecule has 16 heavy (non-hydrogen) atoms. The Bertz CT molecular complexity index is 322. The summed E-state index contributed by atoms with van der Waals surface area (Å²) in [4.78, 5) is 4.26. The Balaban J connectivity index is 2.37. The van der Waals surface area contributed by atoms with Gasteiger partial charge in [0.2, 0.25) is 0 Å². The standard InChI is InChI=1S/C12H22ClN3/c1-5-9(2)6-10(3)14-8-12-15-7-11(13)16(12)4/h7,9-10,14H,5-6,8H2,1-4H3. The maximum atomic E-state index is 5.92. The van der Waals surface area contributed by atoms with Crippen LogP contribution in [-0.2, 0) is 13.6 Å². The van der Waals surface area contributed by atoms with Crippen molar-refractivity contribution in [1.82, 2.24) is 14.9 Å². The van der Waals surface area contributed by atoms with E-state index in [2.05, 4.69) is 31.1 Å². The Morgan fingerprint density at radius 2 is 2.19 bits per heavy atom. The van der Waals surface area contributed by atoms with Crippen LogP contribution in [-0.4, -0.2) is 15.6 Å². The molecule has 2 unspecified atom stereocenters. The van der Waals surface area contributed by atoms with Crippen LogP contribution in [0.3, 0.4) is 0 Å². The Kier molecular flexibility index (Phi) is 5.29. The lowest BCUT2D eigenvalue weighted by molar-refractivity contribution is 0.407. The molecule has 0 spiro atoms. The predicted octanol–water partition coefficient (Wildman–Crippen LogP) is 2.99. The third kappa shape index (κ3) is 3.80. The highest BCUT2D eigenvalue weighted by Crippen LogP contribution is 2.11. The number of imidazole rings is 1. The molecule has 2 atom stereocenters. The Labute approximate surface area is 103 Å². The fourth-order valence-corrected chi connectivity index (χ4v) is 1.85. The van der Waals surface area contributed by atoms with Gasteiger partial charge in [0, 0.05) is 13.1 Å². The van der Waals surface area contributed by atoms with E-state index >= 15 is 0 Å². The van der Waals surface area contributed by atoms with Crippen LogP contribution in [0.1, 0.15) is 39.4 Å². The first-order chi connectivity index (χ1) is 7.54. The summed E-state index contributed by atoms with van der Waals surface area (Å²) in [5.74, 6) is 1.76. The molecule has 1 N–H and O–H groups in total. The SMILES string of the molecule is CCC(C)CC(C)NCc1ncc(Cl)n1C. The summed E-state index contributed by atoms with van der Waals surface area (Å²) < 4.78 is 1.91. The first kappa shape index (κ1) is 13.5. The molecular formula is C12H22ClN3. The lowest BCUT2D eigenvalue weighted by atomic mass is 10.0. The van der Waals surface area contributed by atoms with Gasteiger partial charge in [-0.1, -0.05) is 31.9 Å². The topological polar surface area (TPSA) is 29.9 Å². The van der Waals surface area contributed by atoms with Gasteiger partial charge in [-0.2, -0.15) is 0 Å². The van der Waals surface area contributed by atoms with E-state index in [9.17, 15) is 0 Å². The molecule has 0 aliphatic rings. The summed E-state index contributed by atoms with van der Waals surface area (Å²) in [6.45, 7) is 7.52. The molecule has 0 aliphatic carbocycles. The van der Waals surface area contributed by atoms with E-state index in [1.807, 2.05) is 11.6 Å². The zero-order valence-electron chi connectivity index (χ0n) is 10.6. The molecule has 1 heterocycles. The van der Waals surface area contributed by atoms with Crippen molar-refractivity contribution in [1.29, 1.82) is 0 Å². The Morgan fingerprint density at radius 1 is 1.50 bits per heavy atom. The molecule has 92 valence electrons. The highest BCUT2D eigenvalue weighted by molar-refractivity contribution is 6.29. The maximum absolute atomic E-state index is 5.92. The van der Waals surface area contributed by atoms with Crippen LogP contribution < -0.4 is 5.32 Å². The number of nitrogens with one attached hydrogen (secondary N) is 1. The van der Waals surface area contributed by atoms with Gasteiger partial charge < -0.3 is 9.88 Å². The summed E-state index contributed by atoms with van der Waals surface area (Å²) in [5, 5.41) is 4.16. The molecule has 0 aromatic carbocycles. The average molecular weight is 244 g/mol. The molecule has 1 rings (SSSR count). The molecule has 0 bridgehead atoms. The lowest BCUT2D eigenvalue weighted by Gasteiger charge is -2.17. The normalized spacial score (nSPS) is 15.1. The zero-order valence-corrected chi connectivity index (χ0v) is 11.4. The van der Waals surface area contributed by atoms with Crippen LogP contribution in [0.25, 0.3) is 0 Å². The fourth-order valence-electron chi connectivity index (χ4n) is 1.71. The molecule has 0 fully saturated rings. The van der Waals surface area contributed by atoms with Crippen LogP contribution in [0, 0.1) is 5.92 Å². The first-order valence-electron chi connectivity index (χ1n) is 5.94. The van der Waals surface area contributed by atoms with Crippen LogP contribution in [0.2, 0.25) is 5.15 Å². The third-order valence-corrected chi connectivity index (χ3v) is 3.44. The Hall–Kier alpha value is -0.540. The van der Waals surface area contributed by atoms with Gasteiger partial charge in [0.1, 0.15) is 11.0 Å². The largest absolute Gasteiger partial charge is 0.321 e. The quantitative estimate of drug-likeness (QED) is 0.833. The van der Waals surface area contributed by atoms with Crippen molar-refractivity contribution in [2.75, 3.05) is 0 Å². The fraction of sp³-hybridized carbons (Fsp3) is 0.750. The van der Waals surface area contributed by atoms with Gasteiger partial charge in [0.05, 0.1) is 12.7 Å². The van der Waals surface area contributed by atoms with Crippen molar-refractivity contribution in [3.8, 4) is 0 Å². The van der Waals surface area contributed by atoms with Crippen molar-refractivity contribution in [2.24, 2.45) is 13.0 Å². The molecule has 4 heteroatoms. The average Bonchev–Trinajstić information content (AvgIpc) is 2.57. The summed E-state index contributed by atoms with van der Waals surface area (Å²) in [6.07, 6.45) is 4.13. The minimum Gasteiger partial charge on any atom is -0.321 e. The smallest absolute Gasteiger partial charge is 0.128 e. The summed E-state index contributed by atoms with van der Waals surface area (Å²) in [7, 11) is 1.94. The molecule has 0 saturated heterocycles. The number of hydrogen-bond donors (Lipinski definition) is 1. The van der Waals surface area contributed by atoms with Crippen LogP contribution in [0.15, 0.2) is 6.20 Å². The van der Waals surface area contributed by atoms with E-state index in [4.69, 9.17) is 11.6 Å². The maximum Gasteiger partial charge on any atom is 0.128 e. The second-order valence-electron chi connectivity index (χ2n) is 4.59. The van der Waals surface area contributed by atoms with E-state index in [1.54, 1.807) is 6.20 Å². The van der Waals surface area contributed by atoms with Crippen molar-refractivity contribution in [3.63, 3.8) is 0 Å². The molecule has 1 aromatic heterocycles.